The van der Waals surface area contributed by atoms with Crippen molar-refractivity contribution in [2.75, 3.05) is 20.9 Å². The molecule has 4 aromatic rings. The summed E-state index contributed by atoms with van der Waals surface area (Å²) in [6, 6.07) is 20.2. The third-order valence-corrected chi connectivity index (χ3v) is 9.60. The number of anilines is 3. The minimum atomic E-state index is -4.79. The average Bonchev–Trinajstić information content (AvgIpc) is 2.92. The Bertz CT molecular complexity index is 1850. The van der Waals surface area contributed by atoms with Gasteiger partial charge in [0.1, 0.15) is 6.54 Å². The van der Waals surface area contributed by atoms with Crippen molar-refractivity contribution in [3.8, 4) is 0 Å². The van der Waals surface area contributed by atoms with E-state index in [1.165, 1.54) is 24.3 Å². The molecule has 14 heteroatoms. The normalized spacial score (nSPS) is 12.0. The summed E-state index contributed by atoms with van der Waals surface area (Å²) in [7, 11) is -8.45. The van der Waals surface area contributed by atoms with E-state index in [9.17, 15) is 34.8 Å². The number of nitrogens with zero attached hydrogens (tertiary/aromatic N) is 1. The van der Waals surface area contributed by atoms with Gasteiger partial charge >= 0.3 is 6.18 Å². The second-order valence-corrected chi connectivity index (χ2v) is 13.5. The first-order chi connectivity index (χ1) is 20.1. The Labute approximate surface area is 252 Å². The standard InChI is InChI=1S/C29H25ClF3N3O5S2/c1-19-14-20(2)16-23(15-19)36(43(40,41)25-6-4-3-5-7-25)18-28(37)34-21-8-11-24(12-9-21)42(38,39)35-22-10-13-27(30)26(17-22)29(31,32)33/h3-17,35H,18H2,1-2H3,(H,34,37). The molecule has 43 heavy (non-hydrogen) atoms. The maximum Gasteiger partial charge on any atom is 0.417 e. The van der Waals surface area contributed by atoms with Crippen LogP contribution >= 0.6 is 11.6 Å². The van der Waals surface area contributed by atoms with Crippen molar-refractivity contribution >= 4 is 54.6 Å². The van der Waals surface area contributed by atoms with E-state index in [1.807, 2.05) is 6.07 Å². The molecule has 0 atom stereocenters. The summed E-state index contributed by atoms with van der Waals surface area (Å²) in [5.74, 6) is -0.701. The van der Waals surface area contributed by atoms with Gasteiger partial charge in [-0.1, -0.05) is 35.9 Å². The molecule has 1 amide bonds. The number of hydrogen-bond acceptors (Lipinski definition) is 5. The molecule has 0 aliphatic heterocycles. The van der Waals surface area contributed by atoms with Gasteiger partial charge in [0.15, 0.2) is 0 Å². The molecule has 226 valence electrons. The summed E-state index contributed by atoms with van der Waals surface area (Å²) in [6.07, 6.45) is -4.79. The fourth-order valence-corrected chi connectivity index (χ4v) is 6.90. The van der Waals surface area contributed by atoms with E-state index in [1.54, 1.807) is 44.2 Å². The first-order valence-corrected chi connectivity index (χ1v) is 15.8. The molecule has 0 aliphatic rings. The summed E-state index contributed by atoms with van der Waals surface area (Å²) in [4.78, 5) is 12.8. The van der Waals surface area contributed by atoms with Crippen LogP contribution in [-0.2, 0) is 31.0 Å². The number of benzene rings is 4. The summed E-state index contributed by atoms with van der Waals surface area (Å²) < 4.78 is 95.2. The minimum Gasteiger partial charge on any atom is -0.325 e. The molecule has 0 heterocycles. The molecule has 0 aliphatic carbocycles. The lowest BCUT2D eigenvalue weighted by atomic mass is 10.1. The van der Waals surface area contributed by atoms with Crippen LogP contribution in [0, 0.1) is 13.8 Å². The van der Waals surface area contributed by atoms with Gasteiger partial charge < -0.3 is 5.32 Å². The van der Waals surface area contributed by atoms with Gasteiger partial charge in [-0.2, -0.15) is 13.2 Å². The second-order valence-electron chi connectivity index (χ2n) is 9.54. The molecule has 4 aromatic carbocycles. The van der Waals surface area contributed by atoms with Crippen molar-refractivity contribution in [1.82, 2.24) is 0 Å². The Morgan fingerprint density at radius 3 is 1.95 bits per heavy atom. The van der Waals surface area contributed by atoms with Crippen LogP contribution in [0.3, 0.4) is 0 Å². The number of aryl methyl sites for hydroxylation is 2. The maximum atomic E-state index is 13.5. The van der Waals surface area contributed by atoms with Crippen LogP contribution in [0.1, 0.15) is 16.7 Å². The van der Waals surface area contributed by atoms with Crippen LogP contribution in [0.4, 0.5) is 30.2 Å². The van der Waals surface area contributed by atoms with Crippen LogP contribution in [0.25, 0.3) is 0 Å². The van der Waals surface area contributed by atoms with E-state index in [2.05, 4.69) is 10.0 Å². The first kappa shape index (κ1) is 31.9. The van der Waals surface area contributed by atoms with Gasteiger partial charge in [-0.3, -0.25) is 13.8 Å². The van der Waals surface area contributed by atoms with E-state index >= 15 is 0 Å². The molecule has 4 rings (SSSR count). The third-order valence-electron chi connectivity index (χ3n) is 6.09. The van der Waals surface area contributed by atoms with Crippen molar-refractivity contribution < 1.29 is 34.8 Å². The van der Waals surface area contributed by atoms with Crippen LogP contribution < -0.4 is 14.3 Å². The number of amides is 1. The molecule has 0 bridgehead atoms. The zero-order valence-corrected chi connectivity index (χ0v) is 25.1. The quantitative estimate of drug-likeness (QED) is 0.212. The lowest BCUT2D eigenvalue weighted by Gasteiger charge is -2.25. The maximum absolute atomic E-state index is 13.5. The van der Waals surface area contributed by atoms with E-state index < -0.39 is 49.3 Å². The van der Waals surface area contributed by atoms with Crippen molar-refractivity contribution in [2.45, 2.75) is 29.8 Å². The third kappa shape index (κ3) is 7.66. The molecule has 0 radical (unpaired) electrons. The Balaban J connectivity index is 1.54. The van der Waals surface area contributed by atoms with E-state index in [0.29, 0.717) is 11.8 Å². The van der Waals surface area contributed by atoms with Gasteiger partial charge in [0.05, 0.1) is 26.1 Å². The molecule has 0 saturated heterocycles. The Morgan fingerprint density at radius 1 is 0.791 bits per heavy atom. The van der Waals surface area contributed by atoms with Gasteiger partial charge in [-0.05, 0) is 91.7 Å². The number of halogens is 4. The molecular weight excluding hydrogens is 627 g/mol. The fourth-order valence-electron chi connectivity index (χ4n) is 4.20. The van der Waals surface area contributed by atoms with Crippen molar-refractivity contribution in [3.05, 3.63) is 113 Å². The second kappa shape index (κ2) is 12.3. The lowest BCUT2D eigenvalue weighted by molar-refractivity contribution is -0.137. The molecule has 2 N–H and O–H groups in total. The number of alkyl halides is 3. The molecule has 0 saturated carbocycles. The Kier molecular flexibility index (Phi) is 9.09. The SMILES string of the molecule is Cc1cc(C)cc(N(CC(=O)Nc2ccc(S(=O)(=O)Nc3ccc(Cl)c(C(F)(F)F)c3)cc2)S(=O)(=O)c2ccccc2)c1. The van der Waals surface area contributed by atoms with Crippen LogP contribution in [0.2, 0.25) is 5.02 Å². The van der Waals surface area contributed by atoms with Gasteiger partial charge in [0, 0.05) is 11.4 Å². The van der Waals surface area contributed by atoms with Crippen LogP contribution in [-0.4, -0.2) is 29.3 Å². The number of carbonyl (C=O) groups excluding carboxylic acids is 1. The summed E-state index contributed by atoms with van der Waals surface area (Å²) in [5.41, 5.74) is 0.494. The smallest absolute Gasteiger partial charge is 0.325 e. The lowest BCUT2D eigenvalue weighted by Crippen LogP contribution is -2.38. The topological polar surface area (TPSA) is 113 Å². The number of sulfonamides is 2. The van der Waals surface area contributed by atoms with Gasteiger partial charge in [-0.25, -0.2) is 16.8 Å². The number of rotatable bonds is 9. The highest BCUT2D eigenvalue weighted by atomic mass is 35.5. The van der Waals surface area contributed by atoms with Crippen molar-refractivity contribution in [3.63, 3.8) is 0 Å². The molecular formula is C29H25ClF3N3O5S2. The summed E-state index contributed by atoms with van der Waals surface area (Å²) >= 11 is 5.60. The highest BCUT2D eigenvalue weighted by Gasteiger charge is 2.34. The van der Waals surface area contributed by atoms with E-state index in [0.717, 1.165) is 39.7 Å². The summed E-state index contributed by atoms with van der Waals surface area (Å²) in [6.45, 7) is 3.02. The van der Waals surface area contributed by atoms with E-state index in [-0.39, 0.29) is 21.2 Å². The minimum absolute atomic E-state index is 0.00735. The zero-order chi connectivity index (χ0) is 31.6. The number of hydrogen-bond donors (Lipinski definition) is 2. The molecule has 0 aromatic heterocycles. The molecule has 8 nitrogen and oxygen atoms in total. The number of nitrogens with one attached hydrogen (secondary N) is 2. The van der Waals surface area contributed by atoms with Crippen LogP contribution in [0.15, 0.2) is 101 Å². The molecule has 0 fully saturated rings. The number of carbonyl (C=O) groups is 1. The predicted molar refractivity (Wildman–Crippen MR) is 159 cm³/mol. The van der Waals surface area contributed by atoms with Crippen molar-refractivity contribution in [1.29, 1.82) is 0 Å². The zero-order valence-electron chi connectivity index (χ0n) is 22.7. The Hall–Kier alpha value is -4.07. The molecule has 0 unspecified atom stereocenters. The first-order valence-electron chi connectivity index (χ1n) is 12.5. The van der Waals surface area contributed by atoms with Crippen LogP contribution in [0.5, 0.6) is 0 Å². The summed E-state index contributed by atoms with van der Waals surface area (Å²) in [5, 5.41) is 1.97. The molecule has 0 spiro atoms. The average molecular weight is 652 g/mol. The fraction of sp³-hybridized carbons (Fsp3) is 0.138. The van der Waals surface area contributed by atoms with Gasteiger partial charge in [0.2, 0.25) is 5.91 Å². The largest absolute Gasteiger partial charge is 0.417 e. The van der Waals surface area contributed by atoms with E-state index in [4.69, 9.17) is 11.6 Å². The highest BCUT2D eigenvalue weighted by molar-refractivity contribution is 7.93. The van der Waals surface area contributed by atoms with Crippen molar-refractivity contribution in [2.24, 2.45) is 0 Å². The predicted octanol–water partition coefficient (Wildman–Crippen LogP) is 6.61. The van der Waals surface area contributed by atoms with Gasteiger partial charge in [0.25, 0.3) is 20.0 Å². The van der Waals surface area contributed by atoms with Gasteiger partial charge in [-0.15, -0.1) is 0 Å². The Morgan fingerprint density at radius 2 is 1.37 bits per heavy atom. The highest BCUT2D eigenvalue weighted by Crippen LogP contribution is 2.36. The monoisotopic (exact) mass is 651 g/mol.